The van der Waals surface area contributed by atoms with Gasteiger partial charge >= 0.3 is 0 Å². The zero-order valence-electron chi connectivity index (χ0n) is 15.7. The quantitative estimate of drug-likeness (QED) is 0.396. The van der Waals surface area contributed by atoms with Crippen LogP contribution in [-0.2, 0) is 0 Å². The van der Waals surface area contributed by atoms with Crippen molar-refractivity contribution >= 4 is 40.1 Å². The zero-order valence-corrected chi connectivity index (χ0v) is 17.2. The summed E-state index contributed by atoms with van der Waals surface area (Å²) in [6, 6.07) is 6.20. The van der Waals surface area contributed by atoms with E-state index in [0.717, 1.165) is 0 Å². The van der Waals surface area contributed by atoms with E-state index in [1.54, 1.807) is 19.1 Å². The summed E-state index contributed by atoms with van der Waals surface area (Å²) in [6.45, 7) is 2.89. The lowest BCUT2D eigenvalue weighted by Gasteiger charge is -2.39. The molecule has 29 heavy (non-hydrogen) atoms. The molecule has 2 heterocycles. The van der Waals surface area contributed by atoms with Crippen LogP contribution in [0.3, 0.4) is 0 Å². The minimum Gasteiger partial charge on any atom is -0.388 e. The van der Waals surface area contributed by atoms with Crippen molar-refractivity contribution in [1.82, 2.24) is 14.5 Å². The predicted molar refractivity (Wildman–Crippen MR) is 110 cm³/mol. The second-order valence-corrected chi connectivity index (χ2v) is 8.02. The van der Waals surface area contributed by atoms with Crippen molar-refractivity contribution in [2.75, 3.05) is 5.73 Å². The van der Waals surface area contributed by atoms with Gasteiger partial charge in [-0.25, -0.2) is 9.97 Å². The van der Waals surface area contributed by atoms with E-state index in [-0.39, 0.29) is 10.8 Å². The average Bonchev–Trinajstić information content (AvgIpc) is 3.13. The topological polar surface area (TPSA) is 138 Å². The van der Waals surface area contributed by atoms with Crippen LogP contribution in [0.25, 0.3) is 11.0 Å². The maximum absolute atomic E-state index is 11.0. The van der Waals surface area contributed by atoms with E-state index in [1.807, 2.05) is 0 Å². The zero-order chi connectivity index (χ0) is 21.5. The van der Waals surface area contributed by atoms with Gasteiger partial charge in [0.15, 0.2) is 6.23 Å². The summed E-state index contributed by atoms with van der Waals surface area (Å²) in [5.74, 6) is -0.656. The molecule has 10 heteroatoms. The number of hydrogen-bond acceptors (Lipinski definition) is 7. The van der Waals surface area contributed by atoms with Crippen LogP contribution in [0.15, 0.2) is 36.8 Å². The number of fused-ring (bicyclic) bond motifs is 1. The van der Waals surface area contributed by atoms with Crippen molar-refractivity contribution in [3.05, 3.63) is 52.4 Å². The highest BCUT2D eigenvalue weighted by molar-refractivity contribution is 6.42. The second kappa shape index (κ2) is 8.06. The Morgan fingerprint density at radius 2 is 1.79 bits per heavy atom. The third kappa shape index (κ3) is 3.92. The Hall–Kier alpha value is -1.94. The molecule has 1 aromatic carbocycles. The molecule has 0 spiro atoms. The molecule has 0 amide bonds. The first-order valence-corrected chi connectivity index (χ1v) is 9.59. The third-order valence-electron chi connectivity index (χ3n) is 5.39. The lowest BCUT2D eigenvalue weighted by molar-refractivity contribution is -0.176. The number of nitrogens with two attached hydrogens (primary N) is 1. The summed E-state index contributed by atoms with van der Waals surface area (Å²) in [5, 5.41) is 44.3. The number of halogens is 2. The highest BCUT2D eigenvalue weighted by atomic mass is 35.5. The fraction of sp³-hybridized carbons (Fsp3) is 0.368. The maximum Gasteiger partial charge on any atom is 0.160 e. The van der Waals surface area contributed by atoms with Gasteiger partial charge < -0.3 is 30.7 Å². The number of aliphatic hydroxyl groups excluding tert-OH is 3. The molecule has 3 rings (SSSR count). The molecule has 0 aliphatic heterocycles. The Kier molecular flexibility index (Phi) is 6.05. The van der Waals surface area contributed by atoms with Crippen molar-refractivity contribution in [2.45, 2.75) is 37.9 Å². The number of aromatic nitrogens is 3. The molecule has 6 N–H and O–H groups in total. The first kappa shape index (κ1) is 21.8. The number of nitrogens with zero attached hydrogens (tertiary/aromatic N) is 3. The molecule has 0 saturated heterocycles. The minimum absolute atomic E-state index is 0.227. The number of aliphatic hydroxyl groups is 4. The minimum atomic E-state index is -1.89. The van der Waals surface area contributed by atoms with Crippen LogP contribution >= 0.6 is 23.2 Å². The molecule has 0 aliphatic rings. The molecule has 156 valence electrons. The van der Waals surface area contributed by atoms with Gasteiger partial charge in [0, 0.05) is 12.1 Å². The van der Waals surface area contributed by atoms with Crippen LogP contribution in [0.5, 0.6) is 0 Å². The largest absolute Gasteiger partial charge is 0.388 e. The van der Waals surface area contributed by atoms with E-state index in [1.165, 1.54) is 36.1 Å². The Balaban J connectivity index is 1.88. The monoisotopic (exact) mass is 440 g/mol. The van der Waals surface area contributed by atoms with Gasteiger partial charge in [-0.2, -0.15) is 0 Å². The van der Waals surface area contributed by atoms with E-state index < -0.39 is 30.0 Å². The summed E-state index contributed by atoms with van der Waals surface area (Å²) in [5.41, 5.74) is 4.63. The van der Waals surface area contributed by atoms with Crippen molar-refractivity contribution < 1.29 is 20.4 Å². The van der Waals surface area contributed by atoms with E-state index in [0.29, 0.717) is 21.6 Å². The van der Waals surface area contributed by atoms with Gasteiger partial charge in [-0.05, 0) is 30.7 Å². The number of anilines is 1. The van der Waals surface area contributed by atoms with Crippen LogP contribution in [0.2, 0.25) is 10.0 Å². The highest BCUT2D eigenvalue weighted by Crippen LogP contribution is 2.37. The molecular weight excluding hydrogens is 419 g/mol. The fourth-order valence-corrected chi connectivity index (χ4v) is 3.54. The van der Waals surface area contributed by atoms with Gasteiger partial charge in [-0.3, -0.25) is 0 Å². The summed E-state index contributed by atoms with van der Waals surface area (Å²) < 4.78 is 1.28. The third-order valence-corrected chi connectivity index (χ3v) is 6.13. The molecule has 0 unspecified atom stereocenters. The summed E-state index contributed by atoms with van der Waals surface area (Å²) >= 11 is 11.9. The van der Waals surface area contributed by atoms with Crippen molar-refractivity contribution in [1.29, 1.82) is 0 Å². The highest BCUT2D eigenvalue weighted by Gasteiger charge is 2.44. The Morgan fingerprint density at radius 3 is 2.45 bits per heavy atom. The van der Waals surface area contributed by atoms with Crippen LogP contribution in [0.1, 0.15) is 31.7 Å². The average molecular weight is 441 g/mol. The SMILES string of the molecule is C[C@H]([C@H](O)c1ccc(Cl)c(Cl)c1)[C@@](C)(O)[C@@H](O)[C@@H](O)n1ccc2c(N)ncnc21. The predicted octanol–water partition coefficient (Wildman–Crippen LogP) is 2.29. The first-order valence-electron chi connectivity index (χ1n) is 8.84. The van der Waals surface area contributed by atoms with Crippen molar-refractivity contribution in [3.8, 4) is 0 Å². The maximum atomic E-state index is 11.0. The first-order chi connectivity index (χ1) is 13.6. The van der Waals surface area contributed by atoms with Crippen LogP contribution in [0, 0.1) is 5.92 Å². The van der Waals surface area contributed by atoms with E-state index >= 15 is 0 Å². The van der Waals surface area contributed by atoms with Gasteiger partial charge in [-0.1, -0.05) is 36.2 Å². The number of hydrogen-bond donors (Lipinski definition) is 5. The summed E-state index contributed by atoms with van der Waals surface area (Å²) in [6.07, 6.45) is -1.68. The molecule has 2 aromatic heterocycles. The van der Waals surface area contributed by atoms with Gasteiger partial charge in [-0.15, -0.1) is 0 Å². The number of rotatable bonds is 6. The van der Waals surface area contributed by atoms with Crippen LogP contribution < -0.4 is 5.73 Å². The molecule has 0 aliphatic carbocycles. The van der Waals surface area contributed by atoms with Crippen LogP contribution in [-0.4, -0.2) is 46.7 Å². The molecule has 0 fully saturated rings. The van der Waals surface area contributed by atoms with E-state index in [2.05, 4.69) is 9.97 Å². The van der Waals surface area contributed by atoms with Crippen molar-refractivity contribution in [2.24, 2.45) is 5.92 Å². The Morgan fingerprint density at radius 1 is 1.10 bits per heavy atom. The van der Waals surface area contributed by atoms with E-state index in [4.69, 9.17) is 28.9 Å². The fourth-order valence-electron chi connectivity index (χ4n) is 3.23. The summed E-state index contributed by atoms with van der Waals surface area (Å²) in [7, 11) is 0. The number of benzene rings is 1. The van der Waals surface area contributed by atoms with Gasteiger partial charge in [0.05, 0.1) is 27.1 Å². The standard InChI is InChI=1S/C19H22Cl2N4O4/c1-9(14(26)10-3-4-12(20)13(21)7-10)19(2,29)15(27)18(28)25-6-5-11-16(22)23-8-24-17(11)25/h3-9,14-15,18,26-29H,1-2H3,(H2,22,23,24)/t9-,14+,15+,18-,19-/m1/s1. The normalized spacial score (nSPS) is 18.2. The molecule has 5 atom stereocenters. The molecule has 0 bridgehead atoms. The van der Waals surface area contributed by atoms with Gasteiger partial charge in [0.25, 0.3) is 0 Å². The number of nitrogen functional groups attached to an aromatic ring is 1. The second-order valence-electron chi connectivity index (χ2n) is 7.21. The van der Waals surface area contributed by atoms with Crippen LogP contribution in [0.4, 0.5) is 5.82 Å². The molecule has 8 nitrogen and oxygen atoms in total. The lowest BCUT2D eigenvalue weighted by atomic mass is 9.79. The van der Waals surface area contributed by atoms with Gasteiger partial charge in [0.1, 0.15) is 23.9 Å². The summed E-state index contributed by atoms with van der Waals surface area (Å²) in [4.78, 5) is 7.95. The van der Waals surface area contributed by atoms with E-state index in [9.17, 15) is 20.4 Å². The molecule has 0 saturated carbocycles. The molecule has 3 aromatic rings. The van der Waals surface area contributed by atoms with Gasteiger partial charge in [0.2, 0.25) is 0 Å². The molecule has 0 radical (unpaired) electrons. The smallest absolute Gasteiger partial charge is 0.160 e. The lowest BCUT2D eigenvalue weighted by Crippen LogP contribution is -2.51. The Labute approximate surface area is 177 Å². The van der Waals surface area contributed by atoms with Crippen molar-refractivity contribution in [3.63, 3.8) is 0 Å². The Bertz CT molecular complexity index is 1030. The molecular formula is C19H22Cl2N4O4.